The quantitative estimate of drug-likeness (QED) is 0.275. The fourth-order valence-electron chi connectivity index (χ4n) is 3.64. The van der Waals surface area contributed by atoms with E-state index in [1.54, 1.807) is 31.2 Å². The highest BCUT2D eigenvalue weighted by atomic mass is 32.2. The Morgan fingerprint density at radius 2 is 2.06 bits per heavy atom. The molecule has 1 aliphatic rings. The number of hydrogen-bond donors (Lipinski definition) is 3. The largest absolute Gasteiger partial charge is 0.485 e. The van der Waals surface area contributed by atoms with Crippen molar-refractivity contribution in [2.45, 2.75) is 30.0 Å². The zero-order valence-corrected chi connectivity index (χ0v) is 19.1. The summed E-state index contributed by atoms with van der Waals surface area (Å²) in [6.45, 7) is 6.38. The van der Waals surface area contributed by atoms with Gasteiger partial charge in [-0.2, -0.15) is 0 Å². The molecule has 11 heteroatoms. The normalized spacial score (nSPS) is 15.7. The van der Waals surface area contributed by atoms with Gasteiger partial charge in [0, 0.05) is 12.2 Å². The first-order chi connectivity index (χ1) is 16.5. The number of fused-ring (bicyclic) bond motifs is 2. The lowest BCUT2D eigenvalue weighted by Gasteiger charge is -2.26. The third-order valence-corrected chi connectivity index (χ3v) is 6.37. The van der Waals surface area contributed by atoms with Crippen molar-refractivity contribution in [3.05, 3.63) is 71.4 Å². The van der Waals surface area contributed by atoms with Gasteiger partial charge in [-0.15, -0.1) is 16.8 Å². The van der Waals surface area contributed by atoms with Crippen molar-refractivity contribution in [2.75, 3.05) is 11.9 Å². The van der Waals surface area contributed by atoms with E-state index in [-0.39, 0.29) is 11.6 Å². The molecule has 1 aliphatic heterocycles. The van der Waals surface area contributed by atoms with Gasteiger partial charge in [0.15, 0.2) is 28.6 Å². The van der Waals surface area contributed by atoms with E-state index < -0.39 is 11.4 Å². The molecule has 2 aromatic carbocycles. The van der Waals surface area contributed by atoms with Gasteiger partial charge in [-0.3, -0.25) is 9.36 Å². The summed E-state index contributed by atoms with van der Waals surface area (Å²) in [6, 6.07) is 12.6. The average molecular weight is 479 g/mol. The highest BCUT2D eigenvalue weighted by Gasteiger charge is 2.29. The van der Waals surface area contributed by atoms with Gasteiger partial charge >= 0.3 is 5.69 Å². The van der Waals surface area contributed by atoms with Crippen molar-refractivity contribution in [1.29, 1.82) is 0 Å². The molecule has 0 unspecified atom stereocenters. The minimum atomic E-state index is -0.467. The smallest absolute Gasteiger partial charge is 0.323 e. The van der Waals surface area contributed by atoms with Crippen LogP contribution in [0.25, 0.3) is 11.0 Å². The molecule has 0 saturated heterocycles. The molecule has 174 valence electrons. The highest BCUT2D eigenvalue weighted by Crippen LogP contribution is 2.36. The van der Waals surface area contributed by atoms with Gasteiger partial charge in [-0.1, -0.05) is 30.0 Å². The van der Waals surface area contributed by atoms with Crippen molar-refractivity contribution < 1.29 is 14.3 Å². The molecule has 3 N–H and O–H groups in total. The van der Waals surface area contributed by atoms with Crippen LogP contribution in [0, 0.1) is 0 Å². The van der Waals surface area contributed by atoms with E-state index in [9.17, 15) is 9.59 Å². The monoisotopic (exact) mass is 478 g/mol. The first-order valence-corrected chi connectivity index (χ1v) is 11.5. The Bertz CT molecular complexity index is 1420. The van der Waals surface area contributed by atoms with Gasteiger partial charge in [0.05, 0.1) is 16.3 Å². The molecular formula is C23H22N6O4S. The van der Waals surface area contributed by atoms with Crippen molar-refractivity contribution in [1.82, 2.24) is 24.7 Å². The van der Waals surface area contributed by atoms with Gasteiger partial charge in [0.25, 0.3) is 0 Å². The first kappa shape index (κ1) is 21.8. The van der Waals surface area contributed by atoms with Gasteiger partial charge in [-0.25, -0.2) is 4.79 Å². The number of anilines is 1. The van der Waals surface area contributed by atoms with Crippen molar-refractivity contribution in [3.63, 3.8) is 0 Å². The Hall–Kier alpha value is -3.99. The van der Waals surface area contributed by atoms with Crippen LogP contribution in [0.2, 0.25) is 0 Å². The summed E-state index contributed by atoms with van der Waals surface area (Å²) in [5.41, 5.74) is 1.58. The summed E-state index contributed by atoms with van der Waals surface area (Å²) in [6.07, 6.45) is 1.31. The number of nitrogens with zero attached hydrogens (tertiary/aromatic N) is 3. The number of carbonyl (C=O) groups is 1. The van der Waals surface area contributed by atoms with E-state index in [4.69, 9.17) is 9.47 Å². The number of aromatic amines is 2. The third kappa shape index (κ3) is 4.29. The molecular weight excluding hydrogens is 456 g/mol. The zero-order chi connectivity index (χ0) is 23.7. The zero-order valence-electron chi connectivity index (χ0n) is 18.3. The second kappa shape index (κ2) is 9.10. The number of hydrogen-bond acceptors (Lipinski definition) is 7. The lowest BCUT2D eigenvalue weighted by atomic mass is 10.2. The number of amides is 1. The van der Waals surface area contributed by atoms with Crippen molar-refractivity contribution in [3.8, 4) is 11.5 Å². The van der Waals surface area contributed by atoms with Crippen LogP contribution in [-0.4, -0.2) is 42.5 Å². The maximum Gasteiger partial charge on any atom is 0.323 e. The van der Waals surface area contributed by atoms with Crippen LogP contribution in [0.5, 0.6) is 11.5 Å². The predicted molar refractivity (Wildman–Crippen MR) is 128 cm³/mol. The summed E-state index contributed by atoms with van der Waals surface area (Å²) < 4.78 is 13.8. The van der Waals surface area contributed by atoms with Crippen LogP contribution < -0.4 is 20.5 Å². The number of allylic oxidation sites excluding steroid dienone is 1. The van der Waals surface area contributed by atoms with Crippen molar-refractivity contribution in [2.24, 2.45) is 0 Å². The maximum absolute atomic E-state index is 12.8. The molecule has 0 radical (unpaired) electrons. The van der Waals surface area contributed by atoms with Gasteiger partial charge in [0.1, 0.15) is 6.61 Å². The van der Waals surface area contributed by atoms with E-state index in [1.165, 1.54) is 11.8 Å². The molecule has 5 rings (SSSR count). The molecule has 0 aliphatic carbocycles. The average Bonchev–Trinajstić information content (AvgIpc) is 3.40. The SMILES string of the molecule is C=CCn1c(S[C@@H](C)C(=O)Nc2ccc3[nH]c(=O)[nH]c3c2)nnc1[C@H]1COc2ccccc2O1. The second-order valence-electron chi connectivity index (χ2n) is 7.69. The van der Waals surface area contributed by atoms with Crippen LogP contribution in [0.15, 0.2) is 65.1 Å². The van der Waals surface area contributed by atoms with Crippen LogP contribution in [-0.2, 0) is 11.3 Å². The number of benzene rings is 2. The Morgan fingerprint density at radius 1 is 1.26 bits per heavy atom. The molecule has 1 amide bonds. The van der Waals surface area contributed by atoms with Crippen LogP contribution in [0.3, 0.4) is 0 Å². The number of imidazole rings is 1. The molecule has 4 aromatic rings. The highest BCUT2D eigenvalue weighted by molar-refractivity contribution is 8.00. The number of rotatable bonds is 7. The Morgan fingerprint density at radius 3 is 2.88 bits per heavy atom. The van der Waals surface area contributed by atoms with Crippen molar-refractivity contribution >= 4 is 34.4 Å². The van der Waals surface area contributed by atoms with E-state index in [0.29, 0.717) is 52.4 Å². The third-order valence-electron chi connectivity index (χ3n) is 5.29. The minimum Gasteiger partial charge on any atom is -0.485 e. The minimum absolute atomic E-state index is 0.205. The van der Waals surface area contributed by atoms with Gasteiger partial charge in [0.2, 0.25) is 5.91 Å². The molecule has 0 fully saturated rings. The van der Waals surface area contributed by atoms with Crippen LogP contribution >= 0.6 is 11.8 Å². The fraction of sp³-hybridized carbons (Fsp3) is 0.217. The van der Waals surface area contributed by atoms with E-state index in [1.807, 2.05) is 28.8 Å². The number of aromatic nitrogens is 5. The lowest BCUT2D eigenvalue weighted by molar-refractivity contribution is -0.115. The Balaban J connectivity index is 1.31. The fourth-order valence-corrected chi connectivity index (χ4v) is 4.50. The number of thioether (sulfide) groups is 1. The van der Waals surface area contributed by atoms with E-state index in [0.717, 1.165) is 0 Å². The molecule has 34 heavy (non-hydrogen) atoms. The summed E-state index contributed by atoms with van der Waals surface area (Å²) in [5, 5.41) is 11.6. The number of carbonyl (C=O) groups excluding carboxylic acids is 1. The summed E-state index contributed by atoms with van der Waals surface area (Å²) >= 11 is 1.28. The number of ether oxygens (including phenoxy) is 2. The Kier molecular flexibility index (Phi) is 5.84. The molecule has 2 aromatic heterocycles. The number of nitrogens with one attached hydrogen (secondary N) is 3. The van der Waals surface area contributed by atoms with Gasteiger partial charge < -0.3 is 24.8 Å². The molecule has 3 heterocycles. The Labute approximate surface area is 198 Å². The van der Waals surface area contributed by atoms with E-state index >= 15 is 0 Å². The topological polar surface area (TPSA) is 127 Å². The second-order valence-corrected chi connectivity index (χ2v) is 9.00. The molecule has 2 atom stereocenters. The van der Waals surface area contributed by atoms with E-state index in [2.05, 4.69) is 32.1 Å². The number of para-hydroxylation sites is 2. The molecule has 0 bridgehead atoms. The summed E-state index contributed by atoms with van der Waals surface area (Å²) in [4.78, 5) is 29.7. The molecule has 0 spiro atoms. The lowest BCUT2D eigenvalue weighted by Crippen LogP contribution is -2.25. The molecule has 0 saturated carbocycles. The molecule has 10 nitrogen and oxygen atoms in total. The van der Waals surface area contributed by atoms with Crippen LogP contribution in [0.1, 0.15) is 18.9 Å². The standard InChI is InChI=1S/C23H22N6O4S/c1-3-10-29-20(19-12-32-17-6-4-5-7-18(17)33-19)27-28-23(29)34-13(2)21(30)24-14-8-9-15-16(11-14)26-22(31)25-15/h3-9,11,13,19H,1,10,12H2,2H3,(H,24,30)(H2,25,26,31)/t13-,19+/m0/s1. The summed E-state index contributed by atoms with van der Waals surface area (Å²) in [7, 11) is 0. The van der Waals surface area contributed by atoms with Crippen LogP contribution in [0.4, 0.5) is 5.69 Å². The summed E-state index contributed by atoms with van der Waals surface area (Å²) in [5.74, 6) is 1.74. The van der Waals surface area contributed by atoms with Gasteiger partial charge in [-0.05, 0) is 37.3 Å². The number of H-pyrrole nitrogens is 2. The first-order valence-electron chi connectivity index (χ1n) is 10.6. The maximum atomic E-state index is 12.8. The predicted octanol–water partition coefficient (Wildman–Crippen LogP) is 3.27.